The van der Waals surface area contributed by atoms with Gasteiger partial charge in [0.05, 0.1) is 29.0 Å². The summed E-state index contributed by atoms with van der Waals surface area (Å²) in [4.78, 5) is 13.0. The molecule has 6 nitrogen and oxygen atoms in total. The third-order valence-electron chi connectivity index (χ3n) is 4.04. The number of nitrogen functional groups attached to an aromatic ring is 1. The zero-order chi connectivity index (χ0) is 20.3. The van der Waals surface area contributed by atoms with E-state index < -0.39 is 5.82 Å². The number of anilines is 1. The van der Waals surface area contributed by atoms with Crippen LogP contribution in [0.2, 0.25) is 5.02 Å². The van der Waals surface area contributed by atoms with E-state index in [0.717, 1.165) is 23.0 Å². The van der Waals surface area contributed by atoms with Crippen molar-refractivity contribution in [1.82, 2.24) is 24.6 Å². The number of fused-ring (bicyclic) bond motifs is 1. The lowest BCUT2D eigenvalue weighted by Gasteiger charge is -2.07. The first kappa shape index (κ1) is 19.7. The second-order valence-electron chi connectivity index (χ2n) is 5.83. The van der Waals surface area contributed by atoms with Gasteiger partial charge in [-0.2, -0.15) is 4.52 Å². The molecule has 0 fully saturated rings. The number of rotatable bonds is 3. The fraction of sp³-hybridized carbons (Fsp3) is 0.200. The molecular weight excluding hydrogens is 379 g/mol. The lowest BCUT2D eigenvalue weighted by molar-refractivity contribution is 0.619. The number of halogens is 2. The molecule has 0 atom stereocenters. The highest BCUT2D eigenvalue weighted by molar-refractivity contribution is 6.31. The van der Waals surface area contributed by atoms with Crippen molar-refractivity contribution >= 4 is 23.2 Å². The number of hydrogen-bond acceptors (Lipinski definition) is 5. The van der Waals surface area contributed by atoms with Gasteiger partial charge in [-0.25, -0.2) is 14.4 Å². The predicted molar refractivity (Wildman–Crippen MR) is 109 cm³/mol. The minimum Gasteiger partial charge on any atom is -0.368 e. The molecule has 0 bridgehead atoms. The largest absolute Gasteiger partial charge is 0.368 e. The van der Waals surface area contributed by atoms with E-state index >= 15 is 0 Å². The molecule has 3 aromatic heterocycles. The summed E-state index contributed by atoms with van der Waals surface area (Å²) in [6.07, 6.45) is 1.38. The molecule has 2 N–H and O–H groups in total. The highest BCUT2D eigenvalue weighted by atomic mass is 35.5. The third-order valence-corrected chi connectivity index (χ3v) is 4.37. The molecule has 0 spiro atoms. The van der Waals surface area contributed by atoms with Gasteiger partial charge in [-0.05, 0) is 13.0 Å². The van der Waals surface area contributed by atoms with Crippen molar-refractivity contribution in [3.8, 4) is 11.3 Å². The zero-order valence-electron chi connectivity index (χ0n) is 15.8. The lowest BCUT2D eigenvalue weighted by Crippen LogP contribution is -2.05. The van der Waals surface area contributed by atoms with E-state index in [1.807, 2.05) is 51.1 Å². The molecule has 4 rings (SSSR count). The van der Waals surface area contributed by atoms with E-state index in [0.29, 0.717) is 17.2 Å². The van der Waals surface area contributed by atoms with Crippen LogP contribution in [0.1, 0.15) is 30.9 Å². The molecule has 0 aliphatic rings. The monoisotopic (exact) mass is 398 g/mol. The SMILES string of the molecule is CC.Cc1c(-c2ccccc2)nc(N)n2nc(Cc3ncc(F)cc3Cl)nc12. The van der Waals surface area contributed by atoms with E-state index in [1.165, 1.54) is 10.6 Å². The molecule has 0 radical (unpaired) electrons. The Morgan fingerprint density at radius 1 is 1.14 bits per heavy atom. The Hall–Kier alpha value is -3.06. The summed E-state index contributed by atoms with van der Waals surface area (Å²) in [5, 5.41) is 4.63. The first-order valence-corrected chi connectivity index (χ1v) is 9.28. The molecule has 0 amide bonds. The lowest BCUT2D eigenvalue weighted by atomic mass is 10.1. The molecule has 28 heavy (non-hydrogen) atoms. The van der Waals surface area contributed by atoms with Crippen molar-refractivity contribution in [1.29, 1.82) is 0 Å². The van der Waals surface area contributed by atoms with E-state index in [9.17, 15) is 4.39 Å². The van der Waals surface area contributed by atoms with Gasteiger partial charge in [-0.3, -0.25) is 4.98 Å². The molecule has 8 heteroatoms. The summed E-state index contributed by atoms with van der Waals surface area (Å²) in [6, 6.07) is 11.0. The molecule has 0 aliphatic carbocycles. The summed E-state index contributed by atoms with van der Waals surface area (Å²) in [7, 11) is 0. The smallest absolute Gasteiger partial charge is 0.223 e. The molecule has 0 saturated heterocycles. The van der Waals surface area contributed by atoms with Crippen LogP contribution in [0.15, 0.2) is 42.6 Å². The van der Waals surface area contributed by atoms with Gasteiger partial charge in [-0.15, -0.1) is 5.10 Å². The third kappa shape index (κ3) is 3.80. The maximum absolute atomic E-state index is 13.2. The number of nitrogens with zero attached hydrogens (tertiary/aromatic N) is 5. The number of aromatic nitrogens is 5. The van der Waals surface area contributed by atoms with Crippen LogP contribution in [0.25, 0.3) is 16.9 Å². The Kier molecular flexibility index (Phi) is 5.84. The molecule has 3 heterocycles. The normalized spacial score (nSPS) is 10.6. The second-order valence-corrected chi connectivity index (χ2v) is 6.24. The van der Waals surface area contributed by atoms with Crippen molar-refractivity contribution < 1.29 is 4.39 Å². The fourth-order valence-corrected chi connectivity index (χ4v) is 3.00. The highest BCUT2D eigenvalue weighted by Crippen LogP contribution is 2.25. The number of benzene rings is 1. The average Bonchev–Trinajstić information content (AvgIpc) is 3.14. The van der Waals surface area contributed by atoms with E-state index in [-0.39, 0.29) is 17.4 Å². The van der Waals surface area contributed by atoms with Crippen molar-refractivity contribution in [3.63, 3.8) is 0 Å². The van der Waals surface area contributed by atoms with Crippen LogP contribution < -0.4 is 5.73 Å². The predicted octanol–water partition coefficient (Wildman–Crippen LogP) is 4.49. The molecular formula is C20H20ClFN6. The average molecular weight is 399 g/mol. The van der Waals surface area contributed by atoms with Gasteiger partial charge in [0.2, 0.25) is 5.95 Å². The maximum atomic E-state index is 13.2. The van der Waals surface area contributed by atoms with Crippen LogP contribution >= 0.6 is 11.6 Å². The van der Waals surface area contributed by atoms with E-state index in [2.05, 4.69) is 20.1 Å². The highest BCUT2D eigenvalue weighted by Gasteiger charge is 2.16. The summed E-state index contributed by atoms with van der Waals surface area (Å²) in [5.41, 5.74) is 9.76. The Bertz CT molecular complexity index is 1110. The summed E-state index contributed by atoms with van der Waals surface area (Å²) < 4.78 is 14.7. The molecule has 4 aromatic rings. The number of aryl methyl sites for hydroxylation is 1. The van der Waals surface area contributed by atoms with Crippen LogP contribution in [0, 0.1) is 12.7 Å². The van der Waals surface area contributed by atoms with Crippen molar-refractivity contribution in [3.05, 3.63) is 70.5 Å². The van der Waals surface area contributed by atoms with Crippen LogP contribution in [0.3, 0.4) is 0 Å². The molecule has 0 saturated carbocycles. The molecule has 0 aliphatic heterocycles. The quantitative estimate of drug-likeness (QED) is 0.550. The van der Waals surface area contributed by atoms with Crippen LogP contribution in [0.4, 0.5) is 10.3 Å². The van der Waals surface area contributed by atoms with Gasteiger partial charge in [0.15, 0.2) is 11.5 Å². The van der Waals surface area contributed by atoms with Gasteiger partial charge in [-0.1, -0.05) is 55.8 Å². The van der Waals surface area contributed by atoms with Crippen LogP contribution in [-0.4, -0.2) is 24.6 Å². The molecule has 1 aromatic carbocycles. The Morgan fingerprint density at radius 2 is 1.86 bits per heavy atom. The number of pyridine rings is 1. The summed E-state index contributed by atoms with van der Waals surface area (Å²) in [6.45, 7) is 5.92. The minimum absolute atomic E-state index is 0.233. The van der Waals surface area contributed by atoms with Crippen molar-refractivity contribution in [2.45, 2.75) is 27.2 Å². The van der Waals surface area contributed by atoms with E-state index in [1.54, 1.807) is 0 Å². The minimum atomic E-state index is -0.487. The summed E-state index contributed by atoms with van der Waals surface area (Å²) in [5.74, 6) is 0.229. The number of hydrogen-bond donors (Lipinski definition) is 1. The summed E-state index contributed by atoms with van der Waals surface area (Å²) >= 11 is 6.04. The van der Waals surface area contributed by atoms with Gasteiger partial charge in [0.25, 0.3) is 0 Å². The van der Waals surface area contributed by atoms with Gasteiger partial charge < -0.3 is 5.73 Å². The molecule has 0 unspecified atom stereocenters. The second kappa shape index (κ2) is 8.31. The van der Waals surface area contributed by atoms with Crippen molar-refractivity contribution in [2.24, 2.45) is 0 Å². The molecule has 144 valence electrons. The fourth-order valence-electron chi connectivity index (χ4n) is 2.78. The van der Waals surface area contributed by atoms with Crippen LogP contribution in [0.5, 0.6) is 0 Å². The van der Waals surface area contributed by atoms with Gasteiger partial charge in [0, 0.05) is 11.1 Å². The first-order valence-electron chi connectivity index (χ1n) is 8.90. The number of nitrogens with two attached hydrogens (primary N) is 1. The van der Waals surface area contributed by atoms with Crippen molar-refractivity contribution in [2.75, 3.05) is 5.73 Å². The van der Waals surface area contributed by atoms with E-state index in [4.69, 9.17) is 17.3 Å². The van der Waals surface area contributed by atoms with Crippen LogP contribution in [-0.2, 0) is 6.42 Å². The Labute approximate surface area is 167 Å². The Morgan fingerprint density at radius 3 is 2.54 bits per heavy atom. The maximum Gasteiger partial charge on any atom is 0.223 e. The van der Waals surface area contributed by atoms with Gasteiger partial charge in [0.1, 0.15) is 5.82 Å². The standard InChI is InChI=1S/C18H14ClFN6.C2H6/c1-10-16(11-5-3-2-4-6-11)24-18(21)26-17(10)23-15(25-26)8-14-13(19)7-12(20)9-22-14;1-2/h2-7,9H,8H2,1H3,(H2,21,24);1-2H3. The Balaban J connectivity index is 0.00000109. The first-order chi connectivity index (χ1) is 13.5. The van der Waals surface area contributed by atoms with Gasteiger partial charge >= 0.3 is 0 Å². The zero-order valence-corrected chi connectivity index (χ0v) is 16.6. The topological polar surface area (TPSA) is 82.0 Å².